The Morgan fingerprint density at radius 3 is 3.03 bits per heavy atom. The molecule has 2 aliphatic heterocycles. The van der Waals surface area contributed by atoms with Gasteiger partial charge in [-0.1, -0.05) is 6.92 Å². The van der Waals surface area contributed by atoms with Gasteiger partial charge in [0.15, 0.2) is 6.17 Å². The number of aromatic nitrogens is 2. The number of rotatable bonds is 7. The molecule has 2 aliphatic rings. The van der Waals surface area contributed by atoms with Crippen LogP contribution in [0.5, 0.6) is 0 Å². The minimum absolute atomic E-state index is 0.0385. The van der Waals surface area contributed by atoms with Crippen molar-refractivity contribution >= 4 is 31.4 Å². The first-order valence-electron chi connectivity index (χ1n) is 9.12. The van der Waals surface area contributed by atoms with E-state index in [4.69, 9.17) is 24.0 Å². The fourth-order valence-electron chi connectivity index (χ4n) is 2.95. The van der Waals surface area contributed by atoms with Gasteiger partial charge in [0, 0.05) is 6.20 Å². The molecule has 0 aliphatic carbocycles. The lowest BCUT2D eigenvalue weighted by Crippen LogP contribution is -2.38. The highest BCUT2D eigenvalue weighted by atomic mass is 32.2. The van der Waals surface area contributed by atoms with E-state index < -0.39 is 42.3 Å². The summed E-state index contributed by atoms with van der Waals surface area (Å²) in [5, 5.41) is -1.38. The van der Waals surface area contributed by atoms with Crippen LogP contribution in [0.25, 0.3) is 0 Å². The predicted molar refractivity (Wildman–Crippen MR) is 103 cm³/mol. The third-order valence-electron chi connectivity index (χ3n) is 4.53. The van der Waals surface area contributed by atoms with Gasteiger partial charge in [-0.15, -0.1) is 11.8 Å². The Hall–Kier alpha value is -1.46. The van der Waals surface area contributed by atoms with Crippen LogP contribution in [-0.4, -0.2) is 52.9 Å². The van der Waals surface area contributed by atoms with Crippen molar-refractivity contribution < 1.29 is 32.1 Å². The van der Waals surface area contributed by atoms with Gasteiger partial charge < -0.3 is 10.5 Å². The van der Waals surface area contributed by atoms with Gasteiger partial charge in [0.1, 0.15) is 17.3 Å². The molecule has 3 rings (SSSR count). The van der Waals surface area contributed by atoms with Crippen LogP contribution in [0.15, 0.2) is 17.1 Å². The second-order valence-electron chi connectivity index (χ2n) is 6.64. The van der Waals surface area contributed by atoms with E-state index in [9.17, 15) is 14.2 Å². The fourth-order valence-corrected chi connectivity index (χ4v) is 6.03. The van der Waals surface area contributed by atoms with Gasteiger partial charge in [-0.25, -0.2) is 13.8 Å². The molecule has 1 aromatic rings. The highest BCUT2D eigenvalue weighted by molar-refractivity contribution is 8.00. The van der Waals surface area contributed by atoms with Gasteiger partial charge in [0.25, 0.3) is 0 Å². The fraction of sp³-hybridized carbons (Fsp3) is 0.688. The normalized spacial score (nSPS) is 32.5. The molecule has 0 bridgehead atoms. The summed E-state index contributed by atoms with van der Waals surface area (Å²) in [6.07, 6.45) is -1.10. The number of nitrogens with two attached hydrogens (primary N) is 1. The largest absolute Gasteiger partial charge is 0.475 e. The van der Waals surface area contributed by atoms with Crippen LogP contribution in [0.2, 0.25) is 0 Å². The van der Waals surface area contributed by atoms with E-state index in [0.29, 0.717) is 0 Å². The molecule has 0 spiro atoms. The van der Waals surface area contributed by atoms with Gasteiger partial charge in [0.05, 0.1) is 31.0 Å². The van der Waals surface area contributed by atoms with Gasteiger partial charge >= 0.3 is 19.5 Å². The molecular weight excluding hydrogens is 428 g/mol. The summed E-state index contributed by atoms with van der Waals surface area (Å²) in [6.45, 7) is 3.48. The summed E-state index contributed by atoms with van der Waals surface area (Å²) in [5.41, 5.74) is 4.78. The maximum Gasteiger partial charge on any atom is 0.475 e. The van der Waals surface area contributed by atoms with Crippen molar-refractivity contribution in [2.75, 3.05) is 25.6 Å². The molecule has 0 saturated carbocycles. The van der Waals surface area contributed by atoms with Crippen LogP contribution in [-0.2, 0) is 27.7 Å². The molecule has 1 aromatic heterocycles. The summed E-state index contributed by atoms with van der Waals surface area (Å²) in [7, 11) is -3.99. The predicted octanol–water partition coefficient (Wildman–Crippen LogP) is 1.91. The first-order valence-corrected chi connectivity index (χ1v) is 11.5. The minimum atomic E-state index is -3.99. The lowest BCUT2D eigenvalue weighted by Gasteiger charge is -2.31. The van der Waals surface area contributed by atoms with E-state index in [0.717, 1.165) is 16.3 Å². The summed E-state index contributed by atoms with van der Waals surface area (Å²) < 4.78 is 49.6. The van der Waals surface area contributed by atoms with Crippen LogP contribution >= 0.6 is 19.6 Å². The Morgan fingerprint density at radius 2 is 2.34 bits per heavy atom. The molecule has 0 radical (unpaired) electrons. The lowest BCUT2D eigenvalue weighted by atomic mass is 10.1. The number of thioether (sulfide) groups is 1. The van der Waals surface area contributed by atoms with Crippen LogP contribution in [0, 0.1) is 5.92 Å². The number of hydrogen-bond acceptors (Lipinski definition) is 10. The number of ether oxygens (including phenoxy) is 1. The molecule has 10 nitrogen and oxygen atoms in total. The molecule has 0 unspecified atom stereocenters. The number of hydrogen-bond donors (Lipinski definition) is 1. The quantitative estimate of drug-likeness (QED) is 0.484. The topological polar surface area (TPSA) is 132 Å². The standard InChI is InChI=1S/C16H23FN3O7PS/c1-3-24-15(21)9(2)5-7-25-28(23)26-8-10-13(27-28)12(17)14(29-10)20-6-4-11(18)19-16(20)22/h4,6,9-10,12-14H,3,5,7-8H2,1-2H3,(H2,18,19,22)/t9-,10-,12+,13-,14-,28+/m1/s1. The second-order valence-corrected chi connectivity index (χ2v) is 9.62. The van der Waals surface area contributed by atoms with Crippen LogP contribution in [0.1, 0.15) is 25.6 Å². The highest BCUT2D eigenvalue weighted by Gasteiger charge is 2.54. The zero-order valence-corrected chi connectivity index (χ0v) is 17.6. The lowest BCUT2D eigenvalue weighted by molar-refractivity contribution is -0.147. The van der Waals surface area contributed by atoms with Gasteiger partial charge in [-0.2, -0.15) is 4.98 Å². The molecule has 2 fully saturated rings. The monoisotopic (exact) mass is 451 g/mol. The van der Waals surface area contributed by atoms with E-state index in [1.165, 1.54) is 12.3 Å². The number of carbonyl (C=O) groups excluding carboxylic acids is 1. The number of phosphoric ester groups is 1. The molecule has 13 heteroatoms. The van der Waals surface area contributed by atoms with Crippen LogP contribution in [0.3, 0.4) is 0 Å². The molecule has 6 atom stereocenters. The zero-order valence-electron chi connectivity index (χ0n) is 15.9. The van der Waals surface area contributed by atoms with E-state index in [-0.39, 0.29) is 38.0 Å². The zero-order chi connectivity index (χ0) is 21.2. The van der Waals surface area contributed by atoms with Crippen LogP contribution in [0.4, 0.5) is 10.2 Å². The van der Waals surface area contributed by atoms with E-state index in [1.807, 2.05) is 0 Å². The Balaban J connectivity index is 1.60. The number of fused-ring (bicyclic) bond motifs is 1. The number of halogens is 1. The number of phosphoric acid groups is 1. The molecule has 162 valence electrons. The number of nitrogens with zero attached hydrogens (tertiary/aromatic N) is 2. The molecule has 29 heavy (non-hydrogen) atoms. The molecule has 3 heterocycles. The SMILES string of the molecule is CCOC(=O)[C@H](C)CCO[P@@]1(=O)OC[C@H]2S[C@@H](n3ccc(N)nc3=O)[C@@H](F)[C@@H]2O1. The third kappa shape index (κ3) is 5.00. The van der Waals surface area contributed by atoms with Crippen molar-refractivity contribution in [2.45, 2.75) is 43.2 Å². The summed E-state index contributed by atoms with van der Waals surface area (Å²) in [6, 6.07) is 1.40. The van der Waals surface area contributed by atoms with Crippen LogP contribution < -0.4 is 11.4 Å². The van der Waals surface area contributed by atoms with Crippen molar-refractivity contribution in [2.24, 2.45) is 5.92 Å². The van der Waals surface area contributed by atoms with Crippen molar-refractivity contribution in [3.05, 3.63) is 22.7 Å². The number of alkyl halides is 1. The Labute approximate surface area is 170 Å². The van der Waals surface area contributed by atoms with E-state index >= 15 is 4.39 Å². The summed E-state index contributed by atoms with van der Waals surface area (Å²) in [4.78, 5) is 27.2. The number of carbonyl (C=O) groups is 1. The maximum absolute atomic E-state index is 15.0. The summed E-state index contributed by atoms with van der Waals surface area (Å²) >= 11 is 1.13. The number of anilines is 1. The Morgan fingerprint density at radius 1 is 1.59 bits per heavy atom. The Kier molecular flexibility index (Phi) is 7.00. The van der Waals surface area contributed by atoms with E-state index in [2.05, 4.69) is 4.98 Å². The van der Waals surface area contributed by atoms with Crippen molar-refractivity contribution in [3.8, 4) is 0 Å². The average Bonchev–Trinajstić information content (AvgIpc) is 2.97. The molecular formula is C16H23FN3O7PS. The summed E-state index contributed by atoms with van der Waals surface area (Å²) in [5.74, 6) is -0.803. The smallest absolute Gasteiger partial charge is 0.466 e. The van der Waals surface area contributed by atoms with Crippen molar-refractivity contribution in [3.63, 3.8) is 0 Å². The first-order chi connectivity index (χ1) is 13.7. The highest BCUT2D eigenvalue weighted by Crippen LogP contribution is 2.60. The van der Waals surface area contributed by atoms with Gasteiger partial charge in [0.2, 0.25) is 0 Å². The van der Waals surface area contributed by atoms with Gasteiger partial charge in [-0.05, 0) is 19.4 Å². The van der Waals surface area contributed by atoms with Crippen molar-refractivity contribution in [1.29, 1.82) is 0 Å². The van der Waals surface area contributed by atoms with Crippen molar-refractivity contribution in [1.82, 2.24) is 9.55 Å². The number of nitrogen functional groups attached to an aromatic ring is 1. The third-order valence-corrected chi connectivity index (χ3v) is 7.52. The molecule has 0 aromatic carbocycles. The molecule has 2 N–H and O–H groups in total. The van der Waals surface area contributed by atoms with E-state index in [1.54, 1.807) is 13.8 Å². The number of esters is 1. The molecule has 0 amide bonds. The second kappa shape index (κ2) is 9.13. The Bertz CT molecular complexity index is 856. The molecule has 2 saturated heterocycles. The minimum Gasteiger partial charge on any atom is -0.466 e. The maximum atomic E-state index is 15.0. The van der Waals surface area contributed by atoms with Gasteiger partial charge in [-0.3, -0.25) is 22.9 Å². The average molecular weight is 451 g/mol. The first kappa shape index (κ1) is 22.2.